The van der Waals surface area contributed by atoms with Crippen LogP contribution in [-0.2, 0) is 0 Å². The Hall–Kier alpha value is -0.560. The molecule has 0 aliphatic heterocycles. The Morgan fingerprint density at radius 3 is 2.78 bits per heavy atom. The molecule has 1 N–H and O–H groups in total. The number of hydrogen-bond donors (Lipinski definition) is 1. The van der Waals surface area contributed by atoms with E-state index in [2.05, 4.69) is 18.2 Å². The van der Waals surface area contributed by atoms with E-state index in [0.717, 1.165) is 0 Å². The molecule has 2 aliphatic carbocycles. The number of rotatable bonds is 1. The van der Waals surface area contributed by atoms with Crippen LogP contribution < -0.4 is 0 Å². The molecule has 0 saturated heterocycles. The van der Waals surface area contributed by atoms with Crippen LogP contribution in [0.2, 0.25) is 0 Å². The lowest BCUT2D eigenvalue weighted by molar-refractivity contribution is 0.322. The maximum Gasteiger partial charge on any atom is 0.0647 e. The highest BCUT2D eigenvalue weighted by Crippen LogP contribution is 2.37. The smallest absolute Gasteiger partial charge is 0.0647 e. The predicted molar refractivity (Wildman–Crippen MR) is 35.9 cm³/mol. The number of aliphatic hydroxyl groups is 1. The van der Waals surface area contributed by atoms with Gasteiger partial charge in [0.25, 0.3) is 0 Å². The van der Waals surface area contributed by atoms with Crippen LogP contribution in [-0.4, -0.2) is 11.7 Å². The van der Waals surface area contributed by atoms with Gasteiger partial charge in [0.15, 0.2) is 0 Å². The van der Waals surface area contributed by atoms with Crippen LogP contribution >= 0.6 is 0 Å². The Bertz CT molecular complexity index is 179. The zero-order chi connectivity index (χ0) is 6.27. The fourth-order valence-electron chi connectivity index (χ4n) is 1.69. The molecule has 2 aliphatic rings. The first-order chi connectivity index (χ1) is 4.40. The van der Waals surface area contributed by atoms with Gasteiger partial charge >= 0.3 is 0 Å². The van der Waals surface area contributed by atoms with Crippen LogP contribution in [0.3, 0.4) is 0 Å². The second-order valence-corrected chi connectivity index (χ2v) is 2.79. The van der Waals surface area contributed by atoms with E-state index in [1.165, 1.54) is 12.0 Å². The third-order valence-electron chi connectivity index (χ3n) is 2.20. The minimum absolute atomic E-state index is 0.255. The summed E-state index contributed by atoms with van der Waals surface area (Å²) in [5, 5.41) is 8.79. The Labute approximate surface area is 54.7 Å². The van der Waals surface area contributed by atoms with Crippen molar-refractivity contribution in [1.29, 1.82) is 0 Å². The van der Waals surface area contributed by atoms with E-state index < -0.39 is 0 Å². The summed E-state index contributed by atoms with van der Waals surface area (Å²) >= 11 is 0. The Balaban J connectivity index is 2.22. The summed E-state index contributed by atoms with van der Waals surface area (Å²) < 4.78 is 0. The monoisotopic (exact) mass is 122 g/mol. The fraction of sp³-hybridized carbons (Fsp3) is 0.500. The number of fused-ring (bicyclic) bond motifs is 2. The number of allylic oxidation sites excluding steroid dienone is 3. The van der Waals surface area contributed by atoms with Crippen LogP contribution in [0.15, 0.2) is 23.8 Å². The molecule has 0 aromatic carbocycles. The van der Waals surface area contributed by atoms with Gasteiger partial charge in [-0.3, -0.25) is 0 Å². The van der Waals surface area contributed by atoms with Gasteiger partial charge in [0.05, 0.1) is 6.61 Å². The average Bonchev–Trinajstić information content (AvgIpc) is 2.45. The minimum Gasteiger partial charge on any atom is -0.392 e. The van der Waals surface area contributed by atoms with Crippen molar-refractivity contribution in [1.82, 2.24) is 0 Å². The largest absolute Gasteiger partial charge is 0.392 e. The average molecular weight is 122 g/mol. The van der Waals surface area contributed by atoms with Gasteiger partial charge in [-0.2, -0.15) is 0 Å². The standard InChI is InChI=1S/C8H10O/c9-5-8-4-6-1-2-7(8)3-6/h1-2,4,6-7,9H,3,5H2/t6-,7+/m1/s1. The first-order valence-electron chi connectivity index (χ1n) is 3.40. The molecule has 9 heavy (non-hydrogen) atoms. The summed E-state index contributed by atoms with van der Waals surface area (Å²) in [6, 6.07) is 0. The van der Waals surface area contributed by atoms with Crippen LogP contribution in [0, 0.1) is 11.8 Å². The van der Waals surface area contributed by atoms with Crippen LogP contribution in [0.25, 0.3) is 0 Å². The molecular weight excluding hydrogens is 112 g/mol. The molecule has 48 valence electrons. The first-order valence-corrected chi connectivity index (χ1v) is 3.40. The predicted octanol–water partition coefficient (Wildman–Crippen LogP) is 1.11. The summed E-state index contributed by atoms with van der Waals surface area (Å²) in [6.07, 6.45) is 7.83. The van der Waals surface area contributed by atoms with Gasteiger partial charge in [0.2, 0.25) is 0 Å². The molecule has 0 aromatic heterocycles. The van der Waals surface area contributed by atoms with E-state index >= 15 is 0 Å². The lowest BCUT2D eigenvalue weighted by Crippen LogP contribution is -1.97. The topological polar surface area (TPSA) is 20.2 Å². The Morgan fingerprint density at radius 1 is 1.56 bits per heavy atom. The molecule has 0 spiro atoms. The zero-order valence-corrected chi connectivity index (χ0v) is 5.25. The second kappa shape index (κ2) is 1.71. The molecular formula is C8H10O. The van der Waals surface area contributed by atoms with E-state index in [9.17, 15) is 0 Å². The van der Waals surface area contributed by atoms with Crippen molar-refractivity contribution in [2.75, 3.05) is 6.61 Å². The SMILES string of the molecule is OCC1=C[C@@H]2C=C[C@H]1C2. The molecule has 0 heterocycles. The van der Waals surface area contributed by atoms with Gasteiger partial charge in [-0.25, -0.2) is 0 Å². The fourth-order valence-corrected chi connectivity index (χ4v) is 1.69. The highest BCUT2D eigenvalue weighted by molar-refractivity contribution is 5.30. The molecule has 0 radical (unpaired) electrons. The van der Waals surface area contributed by atoms with Gasteiger partial charge < -0.3 is 5.11 Å². The quantitative estimate of drug-likeness (QED) is 0.516. The first kappa shape index (κ1) is 5.24. The molecule has 0 amide bonds. The van der Waals surface area contributed by atoms with Crippen LogP contribution in [0.5, 0.6) is 0 Å². The zero-order valence-electron chi connectivity index (χ0n) is 5.25. The molecule has 1 nitrogen and oxygen atoms in total. The molecule has 0 aromatic rings. The van der Waals surface area contributed by atoms with Gasteiger partial charge in [0.1, 0.15) is 0 Å². The van der Waals surface area contributed by atoms with Gasteiger partial charge in [-0.05, 0) is 17.9 Å². The van der Waals surface area contributed by atoms with E-state index in [4.69, 9.17) is 5.11 Å². The van der Waals surface area contributed by atoms with Crippen molar-refractivity contribution >= 4 is 0 Å². The van der Waals surface area contributed by atoms with Crippen LogP contribution in [0.4, 0.5) is 0 Å². The van der Waals surface area contributed by atoms with Crippen molar-refractivity contribution in [2.45, 2.75) is 6.42 Å². The molecule has 1 heteroatoms. The van der Waals surface area contributed by atoms with E-state index in [1.54, 1.807) is 0 Å². The Morgan fingerprint density at radius 2 is 2.44 bits per heavy atom. The lowest BCUT2D eigenvalue weighted by Gasteiger charge is -2.03. The Kier molecular flexibility index (Phi) is 0.995. The third-order valence-corrected chi connectivity index (χ3v) is 2.20. The normalized spacial score (nSPS) is 37.7. The second-order valence-electron chi connectivity index (χ2n) is 2.79. The molecule has 2 bridgehead atoms. The van der Waals surface area contributed by atoms with Crippen molar-refractivity contribution in [3.8, 4) is 0 Å². The molecule has 0 fully saturated rings. The molecule has 2 atom stereocenters. The van der Waals surface area contributed by atoms with Gasteiger partial charge in [-0.15, -0.1) is 0 Å². The maximum absolute atomic E-state index is 8.79. The number of hydrogen-bond acceptors (Lipinski definition) is 1. The van der Waals surface area contributed by atoms with Crippen molar-refractivity contribution < 1.29 is 5.11 Å². The third kappa shape index (κ3) is 0.648. The van der Waals surface area contributed by atoms with Gasteiger partial charge in [0, 0.05) is 5.92 Å². The van der Waals surface area contributed by atoms with Gasteiger partial charge in [-0.1, -0.05) is 18.2 Å². The minimum atomic E-state index is 0.255. The summed E-state index contributed by atoms with van der Waals surface area (Å²) in [6.45, 7) is 0.255. The summed E-state index contributed by atoms with van der Waals surface area (Å²) in [4.78, 5) is 0. The van der Waals surface area contributed by atoms with Crippen molar-refractivity contribution in [3.05, 3.63) is 23.8 Å². The van der Waals surface area contributed by atoms with E-state index in [-0.39, 0.29) is 6.61 Å². The summed E-state index contributed by atoms with van der Waals surface area (Å²) in [5.74, 6) is 1.23. The molecule has 0 unspecified atom stereocenters. The van der Waals surface area contributed by atoms with Crippen LogP contribution in [0.1, 0.15) is 6.42 Å². The molecule has 0 saturated carbocycles. The van der Waals surface area contributed by atoms with E-state index in [0.29, 0.717) is 11.8 Å². The highest BCUT2D eigenvalue weighted by Gasteiger charge is 2.26. The van der Waals surface area contributed by atoms with Crippen molar-refractivity contribution in [2.24, 2.45) is 11.8 Å². The molecule has 2 rings (SSSR count). The van der Waals surface area contributed by atoms with Crippen molar-refractivity contribution in [3.63, 3.8) is 0 Å². The summed E-state index contributed by atoms with van der Waals surface area (Å²) in [7, 11) is 0. The number of aliphatic hydroxyl groups excluding tert-OH is 1. The van der Waals surface area contributed by atoms with E-state index in [1.807, 2.05) is 0 Å². The summed E-state index contributed by atoms with van der Waals surface area (Å²) in [5.41, 5.74) is 1.22. The lowest BCUT2D eigenvalue weighted by atomic mass is 10.0. The highest BCUT2D eigenvalue weighted by atomic mass is 16.3. The maximum atomic E-state index is 8.79.